The number of hydrogen-bond donors (Lipinski definition) is 0. The van der Waals surface area contributed by atoms with Crippen LogP contribution in [-0.4, -0.2) is 19.1 Å². The molecule has 0 bridgehead atoms. The Hall–Kier alpha value is -3.39. The number of rotatable bonds is 4. The minimum absolute atomic E-state index is 0.675. The van der Waals surface area contributed by atoms with Crippen LogP contribution in [0.2, 0.25) is 0 Å². The largest absolute Gasteiger partial charge is 0.328 e. The standard InChI is InChI=1S/C19H15N5/c20-9-15-5-7-16(8-6-15)11-23-13-21-10-17(23)12-24-14-22-18-3-1-2-4-19(18)24/h1-8,10,13-14H,11-12H2. The lowest BCUT2D eigenvalue weighted by molar-refractivity contribution is 0.695. The summed E-state index contributed by atoms with van der Waals surface area (Å²) < 4.78 is 4.25. The third-order valence-electron chi connectivity index (χ3n) is 4.09. The molecular weight excluding hydrogens is 298 g/mol. The van der Waals surface area contributed by atoms with Crippen molar-refractivity contribution in [1.29, 1.82) is 5.26 Å². The molecule has 0 spiro atoms. The van der Waals surface area contributed by atoms with Gasteiger partial charge in [-0.15, -0.1) is 0 Å². The third kappa shape index (κ3) is 2.66. The maximum Gasteiger partial charge on any atom is 0.0991 e. The Labute approximate surface area is 139 Å². The first-order valence-electron chi connectivity index (χ1n) is 7.71. The van der Waals surface area contributed by atoms with Crippen LogP contribution < -0.4 is 0 Å². The molecule has 24 heavy (non-hydrogen) atoms. The highest BCUT2D eigenvalue weighted by Gasteiger charge is 2.07. The first-order valence-corrected chi connectivity index (χ1v) is 7.71. The van der Waals surface area contributed by atoms with Crippen LogP contribution in [0, 0.1) is 11.3 Å². The molecule has 4 rings (SSSR count). The van der Waals surface area contributed by atoms with Gasteiger partial charge in [0.1, 0.15) is 0 Å². The molecule has 0 amide bonds. The summed E-state index contributed by atoms with van der Waals surface area (Å²) in [5.74, 6) is 0. The van der Waals surface area contributed by atoms with Crippen molar-refractivity contribution in [3.8, 4) is 6.07 Å². The monoisotopic (exact) mass is 313 g/mol. The minimum atomic E-state index is 0.675. The molecular formula is C19H15N5. The van der Waals surface area contributed by atoms with Crippen molar-refractivity contribution < 1.29 is 0 Å². The predicted octanol–water partition coefficient (Wildman–Crippen LogP) is 3.20. The van der Waals surface area contributed by atoms with E-state index in [0.29, 0.717) is 5.56 Å². The van der Waals surface area contributed by atoms with E-state index in [9.17, 15) is 0 Å². The predicted molar refractivity (Wildman–Crippen MR) is 91.3 cm³/mol. The maximum atomic E-state index is 8.89. The Balaban J connectivity index is 1.59. The molecule has 2 heterocycles. The van der Waals surface area contributed by atoms with Gasteiger partial charge in [-0.1, -0.05) is 24.3 Å². The van der Waals surface area contributed by atoms with E-state index in [1.807, 2.05) is 61.3 Å². The molecule has 0 N–H and O–H groups in total. The van der Waals surface area contributed by atoms with Gasteiger partial charge in [-0.2, -0.15) is 5.26 Å². The van der Waals surface area contributed by atoms with E-state index < -0.39 is 0 Å². The van der Waals surface area contributed by atoms with Gasteiger partial charge in [-0.05, 0) is 29.8 Å². The second-order valence-corrected chi connectivity index (χ2v) is 5.68. The number of benzene rings is 2. The summed E-state index contributed by atoms with van der Waals surface area (Å²) in [6, 6.07) is 17.9. The van der Waals surface area contributed by atoms with Crippen molar-refractivity contribution in [2.45, 2.75) is 13.1 Å². The van der Waals surface area contributed by atoms with Gasteiger partial charge in [0.15, 0.2) is 0 Å². The molecule has 4 aromatic rings. The van der Waals surface area contributed by atoms with Crippen molar-refractivity contribution in [2.75, 3.05) is 0 Å². The lowest BCUT2D eigenvalue weighted by Crippen LogP contribution is -2.07. The summed E-state index contributed by atoms with van der Waals surface area (Å²) in [7, 11) is 0. The normalized spacial score (nSPS) is 10.8. The van der Waals surface area contributed by atoms with Crippen LogP contribution in [0.15, 0.2) is 67.4 Å². The Morgan fingerprint density at radius 3 is 2.58 bits per heavy atom. The Kier molecular flexibility index (Phi) is 3.56. The van der Waals surface area contributed by atoms with Crippen LogP contribution >= 0.6 is 0 Å². The Morgan fingerprint density at radius 2 is 1.75 bits per heavy atom. The van der Waals surface area contributed by atoms with Crippen molar-refractivity contribution >= 4 is 11.0 Å². The van der Waals surface area contributed by atoms with Crippen molar-refractivity contribution in [1.82, 2.24) is 19.1 Å². The van der Waals surface area contributed by atoms with Crippen molar-refractivity contribution in [3.05, 3.63) is 84.2 Å². The molecule has 5 heteroatoms. The zero-order valence-corrected chi connectivity index (χ0v) is 13.0. The van der Waals surface area contributed by atoms with Gasteiger partial charge in [0.2, 0.25) is 0 Å². The van der Waals surface area contributed by atoms with E-state index in [4.69, 9.17) is 5.26 Å². The van der Waals surface area contributed by atoms with Gasteiger partial charge < -0.3 is 9.13 Å². The summed E-state index contributed by atoms with van der Waals surface area (Å²) >= 11 is 0. The van der Waals surface area contributed by atoms with E-state index in [2.05, 4.69) is 31.2 Å². The zero-order chi connectivity index (χ0) is 16.4. The van der Waals surface area contributed by atoms with Crippen LogP contribution in [0.5, 0.6) is 0 Å². The molecule has 0 saturated heterocycles. The molecule has 0 fully saturated rings. The lowest BCUT2D eigenvalue weighted by Gasteiger charge is -2.10. The van der Waals surface area contributed by atoms with Crippen LogP contribution in [0.4, 0.5) is 0 Å². The first-order chi connectivity index (χ1) is 11.8. The van der Waals surface area contributed by atoms with E-state index in [1.165, 1.54) is 0 Å². The summed E-state index contributed by atoms with van der Waals surface area (Å²) in [6.07, 6.45) is 5.59. The van der Waals surface area contributed by atoms with Gasteiger partial charge in [-0.25, -0.2) is 9.97 Å². The average Bonchev–Trinajstić information content (AvgIpc) is 3.24. The van der Waals surface area contributed by atoms with E-state index in [-0.39, 0.29) is 0 Å². The number of fused-ring (bicyclic) bond motifs is 1. The smallest absolute Gasteiger partial charge is 0.0991 e. The fourth-order valence-electron chi connectivity index (χ4n) is 2.81. The molecule has 5 nitrogen and oxygen atoms in total. The highest BCUT2D eigenvalue weighted by atomic mass is 15.1. The minimum Gasteiger partial charge on any atom is -0.328 e. The number of hydrogen-bond acceptors (Lipinski definition) is 3. The highest BCUT2D eigenvalue weighted by molar-refractivity contribution is 5.75. The Bertz CT molecular complexity index is 1020. The molecule has 0 radical (unpaired) electrons. The number of nitrogens with zero attached hydrogens (tertiary/aromatic N) is 5. The first kappa shape index (κ1) is 14.2. The van der Waals surface area contributed by atoms with Gasteiger partial charge in [0, 0.05) is 12.7 Å². The second-order valence-electron chi connectivity index (χ2n) is 5.68. The summed E-state index contributed by atoms with van der Waals surface area (Å²) in [4.78, 5) is 8.72. The molecule has 0 aliphatic carbocycles. The lowest BCUT2D eigenvalue weighted by atomic mass is 10.1. The quantitative estimate of drug-likeness (QED) is 0.581. The van der Waals surface area contributed by atoms with Crippen LogP contribution in [0.3, 0.4) is 0 Å². The van der Waals surface area contributed by atoms with Crippen molar-refractivity contribution in [3.63, 3.8) is 0 Å². The number of para-hydroxylation sites is 2. The number of imidazole rings is 2. The molecule has 0 aliphatic heterocycles. The summed E-state index contributed by atoms with van der Waals surface area (Å²) in [6.45, 7) is 1.45. The number of nitriles is 1. The van der Waals surface area contributed by atoms with Gasteiger partial charge in [0.05, 0.1) is 47.6 Å². The maximum absolute atomic E-state index is 8.89. The van der Waals surface area contributed by atoms with Crippen molar-refractivity contribution in [2.24, 2.45) is 0 Å². The molecule has 0 aliphatic rings. The second kappa shape index (κ2) is 6.01. The number of aromatic nitrogens is 4. The molecule has 0 atom stereocenters. The molecule has 116 valence electrons. The van der Waals surface area contributed by atoms with Crippen LogP contribution in [0.25, 0.3) is 11.0 Å². The fraction of sp³-hybridized carbons (Fsp3) is 0.105. The molecule has 0 unspecified atom stereocenters. The molecule has 2 aromatic carbocycles. The Morgan fingerprint density at radius 1 is 0.917 bits per heavy atom. The van der Waals surface area contributed by atoms with Crippen LogP contribution in [0.1, 0.15) is 16.8 Å². The molecule has 0 saturated carbocycles. The van der Waals surface area contributed by atoms with E-state index in [1.54, 1.807) is 0 Å². The summed E-state index contributed by atoms with van der Waals surface area (Å²) in [5, 5.41) is 8.89. The van der Waals surface area contributed by atoms with Crippen LogP contribution in [-0.2, 0) is 13.1 Å². The summed E-state index contributed by atoms with van der Waals surface area (Å²) in [5.41, 5.74) is 5.04. The van der Waals surface area contributed by atoms with Gasteiger partial charge in [0.25, 0.3) is 0 Å². The molecule has 2 aromatic heterocycles. The average molecular weight is 313 g/mol. The van der Waals surface area contributed by atoms with E-state index in [0.717, 1.165) is 35.4 Å². The van der Waals surface area contributed by atoms with E-state index >= 15 is 0 Å². The van der Waals surface area contributed by atoms with Gasteiger partial charge >= 0.3 is 0 Å². The zero-order valence-electron chi connectivity index (χ0n) is 13.0. The third-order valence-corrected chi connectivity index (χ3v) is 4.09. The highest BCUT2D eigenvalue weighted by Crippen LogP contribution is 2.15. The fourth-order valence-corrected chi connectivity index (χ4v) is 2.81. The topological polar surface area (TPSA) is 59.4 Å². The van der Waals surface area contributed by atoms with Gasteiger partial charge in [-0.3, -0.25) is 0 Å². The SMILES string of the molecule is N#Cc1ccc(Cn2cncc2Cn2cnc3ccccc32)cc1.